The molecular weight excluding hydrogens is 258 g/mol. The van der Waals surface area contributed by atoms with Crippen LogP contribution >= 0.6 is 11.3 Å². The summed E-state index contributed by atoms with van der Waals surface area (Å²) in [6, 6.07) is 0.651. The molecule has 2 fully saturated rings. The second-order valence-corrected chi connectivity index (χ2v) is 7.16. The summed E-state index contributed by atoms with van der Waals surface area (Å²) >= 11 is 1.47. The van der Waals surface area contributed by atoms with Crippen LogP contribution in [-0.2, 0) is 0 Å². The summed E-state index contributed by atoms with van der Waals surface area (Å²) in [4.78, 5) is 17.1. The van der Waals surface area contributed by atoms with Crippen molar-refractivity contribution in [1.82, 2.24) is 10.3 Å². The first-order valence-corrected chi connectivity index (χ1v) is 7.94. The molecule has 1 aromatic heterocycles. The lowest BCUT2D eigenvalue weighted by atomic mass is 9.67. The van der Waals surface area contributed by atoms with Crippen molar-refractivity contribution < 1.29 is 4.79 Å². The number of fused-ring (bicyclic) bond motifs is 2. The van der Waals surface area contributed by atoms with Crippen LogP contribution in [0.1, 0.15) is 46.8 Å². The number of nitrogens with one attached hydrogen (secondary N) is 1. The topological polar surface area (TPSA) is 68.0 Å². The summed E-state index contributed by atoms with van der Waals surface area (Å²) in [5, 5.41) is 4.19. The summed E-state index contributed by atoms with van der Waals surface area (Å²) in [5.74, 6) is 1.18. The van der Waals surface area contributed by atoms with E-state index in [2.05, 4.69) is 10.3 Å². The van der Waals surface area contributed by atoms with Crippen molar-refractivity contribution in [3.63, 3.8) is 0 Å². The normalized spacial score (nSPS) is 34.0. The van der Waals surface area contributed by atoms with Gasteiger partial charge in [-0.1, -0.05) is 6.42 Å². The largest absolute Gasteiger partial charge is 0.348 e. The number of aryl methyl sites for hydroxylation is 1. The van der Waals surface area contributed by atoms with Gasteiger partial charge in [-0.2, -0.15) is 0 Å². The monoisotopic (exact) mass is 279 g/mol. The summed E-state index contributed by atoms with van der Waals surface area (Å²) in [5.41, 5.74) is 6.11. The number of hydrogen-bond donors (Lipinski definition) is 2. The van der Waals surface area contributed by atoms with Crippen LogP contribution in [-0.4, -0.2) is 23.0 Å². The van der Waals surface area contributed by atoms with E-state index in [1.165, 1.54) is 30.6 Å². The van der Waals surface area contributed by atoms with E-state index >= 15 is 0 Å². The standard InChI is InChI=1S/C14H21N3OS/c1-8-16-7-12(19-8)14(18)17-13-9-3-2-4-10(13)6-11(15)5-9/h7,9-11,13H,2-6,15H2,1H3,(H,17,18). The van der Waals surface area contributed by atoms with Gasteiger partial charge in [0.25, 0.3) is 5.91 Å². The number of rotatable bonds is 2. The van der Waals surface area contributed by atoms with E-state index in [0.717, 1.165) is 22.7 Å². The molecule has 1 amide bonds. The van der Waals surface area contributed by atoms with E-state index in [-0.39, 0.29) is 5.91 Å². The van der Waals surface area contributed by atoms with Gasteiger partial charge < -0.3 is 11.1 Å². The van der Waals surface area contributed by atoms with Crippen LogP contribution in [0.2, 0.25) is 0 Å². The van der Waals surface area contributed by atoms with E-state index < -0.39 is 0 Å². The van der Waals surface area contributed by atoms with Gasteiger partial charge in [0.1, 0.15) is 4.88 Å². The molecule has 0 saturated heterocycles. The number of carbonyl (C=O) groups excluding carboxylic acids is 1. The highest BCUT2D eigenvalue weighted by molar-refractivity contribution is 7.13. The maximum atomic E-state index is 12.3. The summed E-state index contributed by atoms with van der Waals surface area (Å²) < 4.78 is 0. The Hall–Kier alpha value is -0.940. The first-order chi connectivity index (χ1) is 9.13. The van der Waals surface area contributed by atoms with E-state index in [0.29, 0.717) is 23.9 Å². The first kappa shape index (κ1) is 13.1. The third kappa shape index (κ3) is 2.67. The quantitative estimate of drug-likeness (QED) is 0.871. The Balaban J connectivity index is 1.70. The Bertz CT molecular complexity index is 459. The van der Waals surface area contributed by atoms with Gasteiger partial charge in [-0.05, 0) is 44.4 Å². The van der Waals surface area contributed by atoms with Crippen molar-refractivity contribution in [3.05, 3.63) is 16.1 Å². The van der Waals surface area contributed by atoms with E-state index in [1.807, 2.05) is 6.92 Å². The maximum Gasteiger partial charge on any atom is 0.263 e. The number of hydrogen-bond acceptors (Lipinski definition) is 4. The molecule has 2 unspecified atom stereocenters. The highest BCUT2D eigenvalue weighted by atomic mass is 32.1. The smallest absolute Gasteiger partial charge is 0.263 e. The van der Waals surface area contributed by atoms with Crippen LogP contribution in [0, 0.1) is 18.8 Å². The van der Waals surface area contributed by atoms with Crippen molar-refractivity contribution in [3.8, 4) is 0 Å². The van der Waals surface area contributed by atoms with Crippen LogP contribution in [0.3, 0.4) is 0 Å². The average Bonchev–Trinajstić information content (AvgIpc) is 2.77. The molecule has 1 heterocycles. The lowest BCUT2D eigenvalue weighted by Gasteiger charge is -2.45. The number of thiazole rings is 1. The minimum absolute atomic E-state index is 0.0444. The fourth-order valence-electron chi connectivity index (χ4n) is 3.71. The van der Waals surface area contributed by atoms with Gasteiger partial charge in [-0.15, -0.1) is 11.3 Å². The van der Waals surface area contributed by atoms with Gasteiger partial charge in [0.15, 0.2) is 0 Å². The molecule has 2 aliphatic rings. The van der Waals surface area contributed by atoms with Gasteiger partial charge in [0.05, 0.1) is 11.2 Å². The molecule has 1 aromatic rings. The van der Waals surface area contributed by atoms with Crippen LogP contribution in [0.25, 0.3) is 0 Å². The molecule has 5 heteroatoms. The zero-order valence-corrected chi connectivity index (χ0v) is 12.1. The Kier molecular flexibility index (Phi) is 3.58. The minimum Gasteiger partial charge on any atom is -0.348 e. The number of carbonyl (C=O) groups is 1. The maximum absolute atomic E-state index is 12.3. The molecule has 19 heavy (non-hydrogen) atoms. The van der Waals surface area contributed by atoms with Crippen molar-refractivity contribution in [2.24, 2.45) is 17.6 Å². The fraction of sp³-hybridized carbons (Fsp3) is 0.714. The number of nitrogens with two attached hydrogens (primary N) is 1. The molecule has 2 atom stereocenters. The van der Waals surface area contributed by atoms with E-state index in [4.69, 9.17) is 5.73 Å². The lowest BCUT2D eigenvalue weighted by Crippen LogP contribution is -2.53. The van der Waals surface area contributed by atoms with Gasteiger partial charge in [-0.3, -0.25) is 4.79 Å². The highest BCUT2D eigenvalue weighted by Gasteiger charge is 2.40. The Morgan fingerprint density at radius 1 is 1.42 bits per heavy atom. The van der Waals surface area contributed by atoms with Crippen molar-refractivity contribution >= 4 is 17.2 Å². The summed E-state index contributed by atoms with van der Waals surface area (Å²) in [6.07, 6.45) is 7.49. The summed E-state index contributed by atoms with van der Waals surface area (Å²) in [6.45, 7) is 1.93. The van der Waals surface area contributed by atoms with Crippen molar-refractivity contribution in [2.75, 3.05) is 0 Å². The zero-order chi connectivity index (χ0) is 13.4. The zero-order valence-electron chi connectivity index (χ0n) is 11.3. The third-order valence-electron chi connectivity index (χ3n) is 4.52. The van der Waals surface area contributed by atoms with Gasteiger partial charge in [0, 0.05) is 12.1 Å². The molecule has 0 spiro atoms. The molecule has 3 rings (SSSR count). The molecule has 2 saturated carbocycles. The van der Waals surface area contributed by atoms with Crippen molar-refractivity contribution in [1.29, 1.82) is 0 Å². The van der Waals surface area contributed by atoms with Gasteiger partial charge in [0.2, 0.25) is 0 Å². The van der Waals surface area contributed by atoms with Crippen LogP contribution < -0.4 is 11.1 Å². The molecule has 0 aromatic carbocycles. The molecule has 0 aliphatic heterocycles. The van der Waals surface area contributed by atoms with E-state index in [9.17, 15) is 4.79 Å². The Morgan fingerprint density at radius 3 is 2.68 bits per heavy atom. The van der Waals surface area contributed by atoms with Gasteiger partial charge >= 0.3 is 0 Å². The third-order valence-corrected chi connectivity index (χ3v) is 5.43. The number of nitrogens with zero attached hydrogens (tertiary/aromatic N) is 1. The SMILES string of the molecule is Cc1ncc(C(=O)NC2C3CCCC2CC(N)C3)s1. The molecule has 104 valence electrons. The molecule has 3 N–H and O–H groups in total. The number of aromatic nitrogens is 1. The second kappa shape index (κ2) is 5.21. The fourth-order valence-corrected chi connectivity index (χ4v) is 4.39. The average molecular weight is 279 g/mol. The molecular formula is C14H21N3OS. The van der Waals surface area contributed by atoms with Crippen LogP contribution in [0.5, 0.6) is 0 Å². The van der Waals surface area contributed by atoms with Gasteiger partial charge in [-0.25, -0.2) is 4.98 Å². The second-order valence-electron chi connectivity index (χ2n) is 5.93. The van der Waals surface area contributed by atoms with Crippen LogP contribution in [0.15, 0.2) is 6.20 Å². The van der Waals surface area contributed by atoms with E-state index in [1.54, 1.807) is 6.20 Å². The predicted molar refractivity (Wildman–Crippen MR) is 76.1 cm³/mol. The molecule has 2 aliphatic carbocycles. The predicted octanol–water partition coefficient (Wildman–Crippen LogP) is 2.09. The number of amides is 1. The Morgan fingerprint density at radius 2 is 2.11 bits per heavy atom. The first-order valence-electron chi connectivity index (χ1n) is 7.12. The minimum atomic E-state index is 0.0444. The lowest BCUT2D eigenvalue weighted by molar-refractivity contribution is 0.0759. The van der Waals surface area contributed by atoms with Crippen molar-refractivity contribution in [2.45, 2.75) is 51.1 Å². The Labute approximate surface area is 117 Å². The molecule has 0 radical (unpaired) electrons. The molecule has 4 nitrogen and oxygen atoms in total. The highest BCUT2D eigenvalue weighted by Crippen LogP contribution is 2.39. The van der Waals surface area contributed by atoms with Crippen LogP contribution in [0.4, 0.5) is 0 Å². The summed E-state index contributed by atoms with van der Waals surface area (Å²) in [7, 11) is 0. The molecule has 2 bridgehead atoms.